The zero-order valence-corrected chi connectivity index (χ0v) is 37.4. The molecule has 0 amide bonds. The summed E-state index contributed by atoms with van der Waals surface area (Å²) in [5.41, 5.74) is 16.6. The third-order valence-electron chi connectivity index (χ3n) is 13.4. The molecule has 0 aliphatic heterocycles. The van der Waals surface area contributed by atoms with Crippen molar-refractivity contribution in [3.8, 4) is 50.2 Å². The molecular formula is C64H42N2S. The lowest BCUT2D eigenvalue weighted by Gasteiger charge is -2.28. The van der Waals surface area contributed by atoms with E-state index < -0.39 is 0 Å². The van der Waals surface area contributed by atoms with E-state index in [1.54, 1.807) is 0 Å². The number of hydrogen-bond donors (Lipinski definition) is 0. The van der Waals surface area contributed by atoms with E-state index in [0.29, 0.717) is 0 Å². The first kappa shape index (κ1) is 38.9. The first-order valence-corrected chi connectivity index (χ1v) is 23.7. The molecule has 0 atom stereocenters. The summed E-state index contributed by atoms with van der Waals surface area (Å²) >= 11 is 1.88. The summed E-state index contributed by atoms with van der Waals surface area (Å²) in [4.78, 5) is 2.43. The Morgan fingerprint density at radius 2 is 0.821 bits per heavy atom. The second-order valence-corrected chi connectivity index (χ2v) is 18.3. The SMILES string of the molecule is c1ccc(-c2ccc(-c3ccc(N(c4ccc(-c5cccc6c5sc5ccccc56)cc4)c4ccc(-c5ccc6c(c5)c5ccccc5n6-c5ccccc5)c5ccccc45)cc3)cc2)cc1. The predicted octanol–water partition coefficient (Wildman–Crippen LogP) is 18.4. The Morgan fingerprint density at radius 3 is 1.54 bits per heavy atom. The van der Waals surface area contributed by atoms with Gasteiger partial charge in [0, 0.05) is 53.4 Å². The second kappa shape index (κ2) is 16.2. The lowest BCUT2D eigenvalue weighted by Crippen LogP contribution is -2.10. The Morgan fingerprint density at radius 1 is 0.299 bits per heavy atom. The Labute approximate surface area is 393 Å². The number of benzene rings is 11. The molecule has 13 rings (SSSR count). The Kier molecular flexibility index (Phi) is 9.40. The van der Waals surface area contributed by atoms with Crippen molar-refractivity contribution in [1.29, 1.82) is 0 Å². The fraction of sp³-hybridized carbons (Fsp3) is 0. The van der Waals surface area contributed by atoms with Gasteiger partial charge in [-0.2, -0.15) is 0 Å². The highest BCUT2D eigenvalue weighted by Gasteiger charge is 2.20. The summed E-state index contributed by atoms with van der Waals surface area (Å²) in [5.74, 6) is 0. The Bertz CT molecular complexity index is 3940. The number of hydrogen-bond acceptors (Lipinski definition) is 2. The van der Waals surface area contributed by atoms with Crippen LogP contribution < -0.4 is 4.90 Å². The molecule has 0 aliphatic carbocycles. The molecule has 0 N–H and O–H groups in total. The quantitative estimate of drug-likeness (QED) is 0.148. The largest absolute Gasteiger partial charge is 0.310 e. The molecule has 13 aromatic rings. The maximum Gasteiger partial charge on any atom is 0.0541 e. The van der Waals surface area contributed by atoms with Gasteiger partial charge in [-0.3, -0.25) is 0 Å². The van der Waals surface area contributed by atoms with Crippen LogP contribution in [0.15, 0.2) is 255 Å². The third kappa shape index (κ3) is 6.71. The molecule has 11 aromatic carbocycles. The number of rotatable bonds is 8. The van der Waals surface area contributed by atoms with Crippen molar-refractivity contribution >= 4 is 81.1 Å². The summed E-state index contributed by atoms with van der Waals surface area (Å²) < 4.78 is 5.02. The van der Waals surface area contributed by atoms with Gasteiger partial charge in [0.05, 0.1) is 16.7 Å². The van der Waals surface area contributed by atoms with E-state index in [4.69, 9.17) is 0 Å². The van der Waals surface area contributed by atoms with Gasteiger partial charge >= 0.3 is 0 Å². The van der Waals surface area contributed by atoms with Gasteiger partial charge in [-0.1, -0.05) is 188 Å². The number of nitrogens with zero attached hydrogens (tertiary/aromatic N) is 2. The van der Waals surface area contributed by atoms with Gasteiger partial charge in [-0.25, -0.2) is 0 Å². The average molecular weight is 871 g/mol. The molecule has 0 saturated heterocycles. The van der Waals surface area contributed by atoms with Gasteiger partial charge in [0.2, 0.25) is 0 Å². The molecule has 0 aliphatic rings. The molecule has 2 aromatic heterocycles. The van der Waals surface area contributed by atoms with Crippen LogP contribution in [0.3, 0.4) is 0 Å². The molecule has 0 bridgehead atoms. The number of aromatic nitrogens is 1. The zero-order chi connectivity index (χ0) is 44.3. The molecule has 0 saturated carbocycles. The second-order valence-electron chi connectivity index (χ2n) is 17.3. The van der Waals surface area contributed by atoms with Crippen LogP contribution in [0, 0.1) is 0 Å². The normalized spacial score (nSPS) is 11.6. The summed E-state index contributed by atoms with van der Waals surface area (Å²) in [6.07, 6.45) is 0. The standard InChI is InChI=1S/C64H42N2S/c1-3-14-43(15-4-1)44-26-28-45(29-27-44)46-30-35-50(36-31-46)65(51-37-32-47(33-38-51)53-22-13-23-58-57-21-10-12-25-63(57)67-64(53)58)61-41-39-52(54-18-7-8-19-55(54)61)48-34-40-62-59(42-48)56-20-9-11-24-60(56)66(62)49-16-5-2-6-17-49/h1-42H. The Hall–Kier alpha value is -8.50. The highest BCUT2D eigenvalue weighted by atomic mass is 32.1. The zero-order valence-electron chi connectivity index (χ0n) is 36.6. The van der Waals surface area contributed by atoms with Crippen LogP contribution in [0.5, 0.6) is 0 Å². The minimum Gasteiger partial charge on any atom is -0.310 e. The van der Waals surface area contributed by atoms with Gasteiger partial charge in [0.1, 0.15) is 0 Å². The van der Waals surface area contributed by atoms with Crippen molar-refractivity contribution in [2.45, 2.75) is 0 Å². The van der Waals surface area contributed by atoms with Gasteiger partial charge in [0.25, 0.3) is 0 Å². The highest BCUT2D eigenvalue weighted by molar-refractivity contribution is 7.26. The summed E-state index contributed by atoms with van der Waals surface area (Å²) in [7, 11) is 0. The van der Waals surface area contributed by atoms with E-state index in [2.05, 4.69) is 264 Å². The average Bonchev–Trinajstić information content (AvgIpc) is 3.96. The van der Waals surface area contributed by atoms with Gasteiger partial charge in [-0.15, -0.1) is 11.3 Å². The number of thiophene rings is 1. The van der Waals surface area contributed by atoms with Crippen molar-refractivity contribution < 1.29 is 0 Å². The maximum atomic E-state index is 2.43. The third-order valence-corrected chi connectivity index (χ3v) is 14.7. The van der Waals surface area contributed by atoms with Crippen molar-refractivity contribution in [3.05, 3.63) is 255 Å². The van der Waals surface area contributed by atoms with E-state index >= 15 is 0 Å². The fourth-order valence-electron chi connectivity index (χ4n) is 10.2. The molecule has 314 valence electrons. The predicted molar refractivity (Wildman–Crippen MR) is 288 cm³/mol. The van der Waals surface area contributed by atoms with Crippen LogP contribution in [0.4, 0.5) is 17.1 Å². The first-order valence-electron chi connectivity index (χ1n) is 22.9. The summed E-state index contributed by atoms with van der Waals surface area (Å²) in [5, 5.41) is 7.51. The van der Waals surface area contributed by atoms with Crippen LogP contribution in [-0.2, 0) is 0 Å². The molecule has 3 heteroatoms. The molecule has 2 nitrogen and oxygen atoms in total. The molecule has 67 heavy (non-hydrogen) atoms. The number of para-hydroxylation sites is 2. The molecule has 0 fully saturated rings. The van der Waals surface area contributed by atoms with Crippen molar-refractivity contribution in [3.63, 3.8) is 0 Å². The van der Waals surface area contributed by atoms with Gasteiger partial charge < -0.3 is 9.47 Å². The van der Waals surface area contributed by atoms with Crippen LogP contribution in [-0.4, -0.2) is 4.57 Å². The van der Waals surface area contributed by atoms with Crippen molar-refractivity contribution in [2.24, 2.45) is 0 Å². The van der Waals surface area contributed by atoms with Gasteiger partial charge in [-0.05, 0) is 117 Å². The topological polar surface area (TPSA) is 8.17 Å². The lowest BCUT2D eigenvalue weighted by atomic mass is 9.95. The summed E-state index contributed by atoms with van der Waals surface area (Å²) in [6, 6.07) is 93.1. The Balaban J connectivity index is 0.934. The van der Waals surface area contributed by atoms with Crippen LogP contribution in [0.2, 0.25) is 0 Å². The van der Waals surface area contributed by atoms with Crippen LogP contribution >= 0.6 is 11.3 Å². The maximum absolute atomic E-state index is 2.43. The number of fused-ring (bicyclic) bond motifs is 7. The molecule has 0 spiro atoms. The molecule has 0 radical (unpaired) electrons. The summed E-state index contributed by atoms with van der Waals surface area (Å²) in [6.45, 7) is 0. The van der Waals surface area contributed by atoms with E-state index in [1.807, 2.05) is 11.3 Å². The van der Waals surface area contributed by atoms with Crippen molar-refractivity contribution in [2.75, 3.05) is 4.90 Å². The fourth-order valence-corrected chi connectivity index (χ4v) is 11.4. The minimum atomic E-state index is 1.09. The monoisotopic (exact) mass is 870 g/mol. The molecule has 0 unspecified atom stereocenters. The smallest absolute Gasteiger partial charge is 0.0541 e. The minimum absolute atomic E-state index is 1.09. The first-order chi connectivity index (χ1) is 33.2. The molecular weight excluding hydrogens is 829 g/mol. The lowest BCUT2D eigenvalue weighted by molar-refractivity contribution is 1.18. The van der Waals surface area contributed by atoms with Crippen LogP contribution in [0.25, 0.3) is 103 Å². The van der Waals surface area contributed by atoms with Crippen LogP contribution in [0.1, 0.15) is 0 Å². The van der Waals surface area contributed by atoms with E-state index in [0.717, 1.165) is 22.7 Å². The van der Waals surface area contributed by atoms with E-state index in [1.165, 1.54) is 97.3 Å². The molecule has 2 heterocycles. The van der Waals surface area contributed by atoms with E-state index in [9.17, 15) is 0 Å². The van der Waals surface area contributed by atoms with Gasteiger partial charge in [0.15, 0.2) is 0 Å². The highest BCUT2D eigenvalue weighted by Crippen LogP contribution is 2.45. The van der Waals surface area contributed by atoms with Crippen molar-refractivity contribution in [1.82, 2.24) is 4.57 Å². The van der Waals surface area contributed by atoms with E-state index in [-0.39, 0.29) is 0 Å². The number of anilines is 3.